The zero-order valence-electron chi connectivity index (χ0n) is 15.6. The number of hydrogen-bond acceptors (Lipinski definition) is 5. The van der Waals surface area contributed by atoms with E-state index in [-0.39, 0.29) is 35.4 Å². The average Bonchev–Trinajstić information content (AvgIpc) is 2.93. The molecule has 6 heteroatoms. The smallest absolute Gasteiger partial charge is 0.311 e. The largest absolute Gasteiger partial charge is 0.461 e. The topological polar surface area (TPSA) is 69.5 Å². The van der Waals surface area contributed by atoms with E-state index in [9.17, 15) is 4.79 Å². The normalized spacial score (nSPS) is 39.8. The Morgan fingerprint density at radius 2 is 2.00 bits per heavy atom. The number of esters is 1. The van der Waals surface area contributed by atoms with Crippen LogP contribution in [0.25, 0.3) is 11.0 Å². The summed E-state index contributed by atoms with van der Waals surface area (Å²) < 4.78 is 12.0. The van der Waals surface area contributed by atoms with Crippen molar-refractivity contribution >= 4 is 17.0 Å². The van der Waals surface area contributed by atoms with Crippen LogP contribution < -0.4 is 0 Å². The second-order valence-electron chi connectivity index (χ2n) is 8.73. The molecular weight excluding hydrogens is 342 g/mol. The second-order valence-corrected chi connectivity index (χ2v) is 8.73. The molecule has 2 aliphatic heterocycles. The Morgan fingerprint density at radius 3 is 2.74 bits per heavy atom. The number of benzene rings is 1. The van der Waals surface area contributed by atoms with Gasteiger partial charge in [-0.25, -0.2) is 0 Å². The van der Waals surface area contributed by atoms with Crippen molar-refractivity contribution in [1.29, 1.82) is 0 Å². The van der Waals surface area contributed by atoms with Crippen molar-refractivity contribution in [1.82, 2.24) is 15.0 Å². The van der Waals surface area contributed by atoms with Crippen LogP contribution in [0.5, 0.6) is 0 Å². The molecule has 2 aromatic rings. The van der Waals surface area contributed by atoms with Crippen LogP contribution in [0.4, 0.5) is 0 Å². The maximum atomic E-state index is 12.8. The van der Waals surface area contributed by atoms with Crippen LogP contribution in [0.3, 0.4) is 0 Å². The minimum atomic E-state index is -0.189. The summed E-state index contributed by atoms with van der Waals surface area (Å²) in [6.07, 6.45) is 3.26. The van der Waals surface area contributed by atoms with Crippen molar-refractivity contribution in [3.05, 3.63) is 35.4 Å². The molecule has 4 aliphatic rings. The van der Waals surface area contributed by atoms with Gasteiger partial charge in [0.2, 0.25) is 0 Å². The molecule has 0 N–H and O–H groups in total. The first-order chi connectivity index (χ1) is 13.0. The Morgan fingerprint density at radius 1 is 1.26 bits per heavy atom. The van der Waals surface area contributed by atoms with Gasteiger partial charge in [0.15, 0.2) is 0 Å². The first-order valence-corrected chi connectivity index (χ1v) is 9.91. The van der Waals surface area contributed by atoms with Gasteiger partial charge in [-0.2, -0.15) is 15.0 Å². The molecule has 6 atom stereocenters. The highest BCUT2D eigenvalue weighted by atomic mass is 16.6. The molecule has 0 radical (unpaired) electrons. The first-order valence-electron chi connectivity index (χ1n) is 9.91. The summed E-state index contributed by atoms with van der Waals surface area (Å²) in [6.45, 7) is 4.92. The molecule has 3 heterocycles. The number of nitrogens with zero attached hydrogens (tertiary/aromatic N) is 3. The van der Waals surface area contributed by atoms with E-state index < -0.39 is 0 Å². The minimum absolute atomic E-state index is 0.0718. The standard InChI is InChI=1S/C21H23N3O3/c1-11-7-8-12-14(10-24-22-15-5-3-4-6-16(15)23-24)20(25)26-19(12)18-13(11)9-17-21(18,2)27-17/h3-6,12,14,17-19H,7-10H2,1-2H3/t12-,14-,17+,18-,19-,21+/m0/s1. The van der Waals surface area contributed by atoms with E-state index in [1.807, 2.05) is 24.3 Å². The highest BCUT2D eigenvalue weighted by Crippen LogP contribution is 2.62. The molecule has 1 aromatic carbocycles. The highest BCUT2D eigenvalue weighted by molar-refractivity contribution is 5.76. The molecule has 0 unspecified atom stereocenters. The molecule has 3 fully saturated rings. The summed E-state index contributed by atoms with van der Waals surface area (Å²) in [4.78, 5) is 14.5. The Balaban J connectivity index is 1.33. The number of aromatic nitrogens is 3. The van der Waals surface area contributed by atoms with Gasteiger partial charge >= 0.3 is 5.97 Å². The molecule has 0 amide bonds. The van der Waals surface area contributed by atoms with Gasteiger partial charge in [-0.05, 0) is 45.2 Å². The third kappa shape index (κ3) is 2.13. The fraction of sp³-hybridized carbons (Fsp3) is 0.571. The van der Waals surface area contributed by atoms with Gasteiger partial charge in [0.1, 0.15) is 22.7 Å². The molecule has 2 aliphatic carbocycles. The average molecular weight is 365 g/mol. The molecule has 6 rings (SSSR count). The van der Waals surface area contributed by atoms with Gasteiger partial charge in [0.05, 0.1) is 18.6 Å². The highest BCUT2D eigenvalue weighted by Gasteiger charge is 2.69. The van der Waals surface area contributed by atoms with E-state index in [2.05, 4.69) is 24.0 Å². The number of allylic oxidation sites excluding steroid dienone is 1. The first kappa shape index (κ1) is 15.8. The molecule has 2 saturated heterocycles. The molecule has 0 spiro atoms. The van der Waals surface area contributed by atoms with Crippen LogP contribution >= 0.6 is 0 Å². The zero-order chi connectivity index (χ0) is 18.3. The number of ether oxygens (including phenoxy) is 2. The van der Waals surface area contributed by atoms with Gasteiger partial charge in [-0.3, -0.25) is 4.79 Å². The van der Waals surface area contributed by atoms with Crippen LogP contribution in [0, 0.1) is 17.8 Å². The maximum Gasteiger partial charge on any atom is 0.311 e. The molecule has 1 saturated carbocycles. The van der Waals surface area contributed by atoms with E-state index in [4.69, 9.17) is 9.47 Å². The predicted molar refractivity (Wildman–Crippen MR) is 97.7 cm³/mol. The Kier molecular flexibility index (Phi) is 3.04. The third-order valence-electron chi connectivity index (χ3n) is 7.29. The fourth-order valence-electron chi connectivity index (χ4n) is 5.74. The van der Waals surface area contributed by atoms with E-state index >= 15 is 0 Å². The van der Waals surface area contributed by atoms with Gasteiger partial charge in [0, 0.05) is 11.8 Å². The van der Waals surface area contributed by atoms with E-state index in [0.717, 1.165) is 30.3 Å². The van der Waals surface area contributed by atoms with Crippen LogP contribution in [-0.4, -0.2) is 38.8 Å². The van der Waals surface area contributed by atoms with Crippen LogP contribution in [0.2, 0.25) is 0 Å². The van der Waals surface area contributed by atoms with Crippen LogP contribution in [0.15, 0.2) is 35.4 Å². The van der Waals surface area contributed by atoms with Crippen LogP contribution in [0.1, 0.15) is 33.1 Å². The number of hydrogen-bond donors (Lipinski definition) is 0. The second kappa shape index (κ2) is 5.19. The predicted octanol–water partition coefficient (Wildman–Crippen LogP) is 2.88. The summed E-state index contributed by atoms with van der Waals surface area (Å²) in [5.41, 5.74) is 4.54. The lowest BCUT2D eigenvalue weighted by molar-refractivity contribution is -0.146. The number of carbonyl (C=O) groups excluding carboxylic acids is 1. The summed E-state index contributed by atoms with van der Waals surface area (Å²) >= 11 is 0. The Bertz CT molecular complexity index is 962. The summed E-state index contributed by atoms with van der Waals surface area (Å²) in [6, 6.07) is 7.80. The summed E-state index contributed by atoms with van der Waals surface area (Å²) in [5.74, 6) is 0.126. The molecule has 27 heavy (non-hydrogen) atoms. The van der Waals surface area contributed by atoms with E-state index in [1.54, 1.807) is 4.80 Å². The van der Waals surface area contributed by atoms with Crippen molar-refractivity contribution in [3.8, 4) is 0 Å². The number of rotatable bonds is 2. The lowest BCUT2D eigenvalue weighted by atomic mass is 9.78. The van der Waals surface area contributed by atoms with Crippen molar-refractivity contribution in [2.45, 2.75) is 57.5 Å². The Labute approximate surface area is 157 Å². The third-order valence-corrected chi connectivity index (χ3v) is 7.29. The molecule has 1 aromatic heterocycles. The van der Waals surface area contributed by atoms with Crippen LogP contribution in [-0.2, 0) is 20.8 Å². The zero-order valence-corrected chi connectivity index (χ0v) is 15.6. The summed E-state index contributed by atoms with van der Waals surface area (Å²) in [7, 11) is 0. The van der Waals surface area contributed by atoms with Gasteiger partial charge in [0.25, 0.3) is 0 Å². The van der Waals surface area contributed by atoms with E-state index in [0.29, 0.717) is 12.6 Å². The number of fused-ring (bicyclic) bond motifs is 6. The van der Waals surface area contributed by atoms with Crippen molar-refractivity contribution in [2.75, 3.05) is 0 Å². The monoisotopic (exact) mass is 365 g/mol. The quantitative estimate of drug-likeness (QED) is 0.465. The van der Waals surface area contributed by atoms with Crippen molar-refractivity contribution < 1.29 is 14.3 Å². The molecule has 140 valence electrons. The Hall–Kier alpha value is -2.21. The van der Waals surface area contributed by atoms with E-state index in [1.165, 1.54) is 11.1 Å². The molecular formula is C21H23N3O3. The number of carbonyl (C=O) groups is 1. The molecule has 0 bridgehead atoms. The fourth-order valence-corrected chi connectivity index (χ4v) is 5.74. The van der Waals surface area contributed by atoms with Crippen molar-refractivity contribution in [2.24, 2.45) is 17.8 Å². The lowest BCUT2D eigenvalue weighted by Gasteiger charge is -2.28. The minimum Gasteiger partial charge on any atom is -0.461 e. The van der Waals surface area contributed by atoms with Crippen molar-refractivity contribution in [3.63, 3.8) is 0 Å². The molecule has 6 nitrogen and oxygen atoms in total. The summed E-state index contributed by atoms with van der Waals surface area (Å²) in [5, 5.41) is 9.11. The lowest BCUT2D eigenvalue weighted by Crippen LogP contribution is -2.36. The SMILES string of the molecule is CC1=C2C[C@H]3O[C@@]3(C)[C@@H]2[C@H]2OC(=O)[C@@H](Cn3nc4ccccc4n3)[C@@H]2CC1. The number of epoxide rings is 1. The maximum absolute atomic E-state index is 12.8. The van der Waals surface area contributed by atoms with Gasteiger partial charge < -0.3 is 9.47 Å². The van der Waals surface area contributed by atoms with Gasteiger partial charge in [-0.15, -0.1) is 0 Å². The van der Waals surface area contributed by atoms with Gasteiger partial charge in [-0.1, -0.05) is 23.3 Å².